The highest BCUT2D eigenvalue weighted by atomic mass is 32.2. The minimum absolute atomic E-state index is 0.0789. The number of carbonyl (C=O) groups excluding carboxylic acids is 3. The molecule has 35 heavy (non-hydrogen) atoms. The number of fused-ring (bicyclic) bond motifs is 1. The molecule has 3 amide bonds. The van der Waals surface area contributed by atoms with Crippen LogP contribution in [0.1, 0.15) is 12.5 Å². The van der Waals surface area contributed by atoms with Gasteiger partial charge in [-0.3, -0.25) is 19.3 Å². The van der Waals surface area contributed by atoms with Crippen LogP contribution in [0, 0.1) is 0 Å². The molecule has 0 spiro atoms. The number of alkyl halides is 2. The molecule has 1 aliphatic heterocycles. The zero-order valence-electron chi connectivity index (χ0n) is 18.5. The Hall–Kier alpha value is -3.92. The molecule has 1 heterocycles. The van der Waals surface area contributed by atoms with Crippen LogP contribution < -0.4 is 14.8 Å². The van der Waals surface area contributed by atoms with Gasteiger partial charge in [0.15, 0.2) is 11.5 Å². The van der Waals surface area contributed by atoms with Gasteiger partial charge in [0, 0.05) is 11.1 Å². The summed E-state index contributed by atoms with van der Waals surface area (Å²) in [7, 11) is 0. The van der Waals surface area contributed by atoms with Gasteiger partial charge in [0.25, 0.3) is 11.1 Å². The number of nitrogens with zero attached hydrogens (tertiary/aromatic N) is 1. The number of anilines is 1. The third-order valence-corrected chi connectivity index (χ3v) is 5.93. The van der Waals surface area contributed by atoms with Gasteiger partial charge >= 0.3 is 6.61 Å². The van der Waals surface area contributed by atoms with E-state index in [0.29, 0.717) is 23.0 Å². The first-order valence-corrected chi connectivity index (χ1v) is 11.4. The average molecular weight is 499 g/mol. The number of carbonyl (C=O) groups is 3. The van der Waals surface area contributed by atoms with Gasteiger partial charge in [0.2, 0.25) is 5.91 Å². The fourth-order valence-electron chi connectivity index (χ4n) is 3.53. The molecule has 7 nitrogen and oxygen atoms in total. The van der Waals surface area contributed by atoms with Crippen molar-refractivity contribution in [3.8, 4) is 11.5 Å². The van der Waals surface area contributed by atoms with Gasteiger partial charge in [-0.25, -0.2) is 0 Å². The van der Waals surface area contributed by atoms with E-state index in [1.54, 1.807) is 19.1 Å². The van der Waals surface area contributed by atoms with E-state index in [-0.39, 0.29) is 23.0 Å². The van der Waals surface area contributed by atoms with Crippen molar-refractivity contribution >= 4 is 51.4 Å². The summed E-state index contributed by atoms with van der Waals surface area (Å²) in [6, 6.07) is 17.2. The number of ether oxygens (including phenoxy) is 2. The lowest BCUT2D eigenvalue weighted by molar-refractivity contribution is -0.127. The topological polar surface area (TPSA) is 84.9 Å². The van der Waals surface area contributed by atoms with E-state index in [9.17, 15) is 23.2 Å². The second kappa shape index (κ2) is 10.6. The van der Waals surface area contributed by atoms with E-state index < -0.39 is 30.2 Å². The molecule has 0 aromatic heterocycles. The first kappa shape index (κ1) is 24.2. The first-order chi connectivity index (χ1) is 16.9. The minimum Gasteiger partial charge on any atom is -0.490 e. The van der Waals surface area contributed by atoms with Crippen molar-refractivity contribution in [3.63, 3.8) is 0 Å². The highest BCUT2D eigenvalue weighted by Crippen LogP contribution is 2.35. The van der Waals surface area contributed by atoms with Crippen molar-refractivity contribution in [2.75, 3.05) is 18.5 Å². The molecule has 1 N–H and O–H groups in total. The number of halogens is 2. The van der Waals surface area contributed by atoms with Crippen LogP contribution in [0.5, 0.6) is 11.5 Å². The number of hydrogen-bond acceptors (Lipinski definition) is 6. The Morgan fingerprint density at radius 2 is 1.86 bits per heavy atom. The second-order valence-electron chi connectivity index (χ2n) is 7.36. The molecular formula is C25H20F2N2O5S. The van der Waals surface area contributed by atoms with Gasteiger partial charge in [0.1, 0.15) is 6.54 Å². The normalized spacial score (nSPS) is 14.7. The largest absolute Gasteiger partial charge is 0.490 e. The third-order valence-electron chi connectivity index (χ3n) is 5.02. The van der Waals surface area contributed by atoms with Crippen molar-refractivity contribution in [3.05, 3.63) is 71.1 Å². The fourth-order valence-corrected chi connectivity index (χ4v) is 4.37. The summed E-state index contributed by atoms with van der Waals surface area (Å²) in [6.07, 6.45) is 1.43. The van der Waals surface area contributed by atoms with Crippen LogP contribution in [0.4, 0.5) is 19.3 Å². The molecule has 0 radical (unpaired) electrons. The zero-order valence-corrected chi connectivity index (χ0v) is 19.3. The zero-order chi connectivity index (χ0) is 24.9. The predicted octanol–water partition coefficient (Wildman–Crippen LogP) is 5.51. The Bertz CT molecular complexity index is 1320. The van der Waals surface area contributed by atoms with Gasteiger partial charge in [0.05, 0.1) is 11.5 Å². The van der Waals surface area contributed by atoms with E-state index in [0.717, 1.165) is 15.7 Å². The Labute approximate surface area is 203 Å². The third kappa shape index (κ3) is 5.60. The van der Waals surface area contributed by atoms with Crippen molar-refractivity contribution in [2.24, 2.45) is 0 Å². The molecule has 10 heteroatoms. The maximum atomic E-state index is 12.8. The predicted molar refractivity (Wildman–Crippen MR) is 129 cm³/mol. The quantitative estimate of drug-likeness (QED) is 0.412. The van der Waals surface area contributed by atoms with Crippen LogP contribution in [-0.4, -0.2) is 41.7 Å². The van der Waals surface area contributed by atoms with Crippen LogP contribution in [0.15, 0.2) is 65.6 Å². The van der Waals surface area contributed by atoms with Gasteiger partial charge in [-0.05, 0) is 53.9 Å². The van der Waals surface area contributed by atoms with Gasteiger partial charge in [-0.1, -0.05) is 42.5 Å². The van der Waals surface area contributed by atoms with E-state index >= 15 is 0 Å². The number of hydrogen-bond donors (Lipinski definition) is 1. The molecule has 0 aliphatic carbocycles. The lowest BCUT2D eigenvalue weighted by Crippen LogP contribution is -2.36. The summed E-state index contributed by atoms with van der Waals surface area (Å²) in [5, 5.41) is 3.94. The summed E-state index contributed by atoms with van der Waals surface area (Å²) in [6.45, 7) is -1.56. The van der Waals surface area contributed by atoms with E-state index in [1.165, 1.54) is 24.3 Å². The number of nitrogens with one attached hydrogen (secondary N) is 1. The molecule has 1 aliphatic rings. The fraction of sp³-hybridized carbons (Fsp3) is 0.160. The number of benzene rings is 3. The maximum Gasteiger partial charge on any atom is 0.387 e. The summed E-state index contributed by atoms with van der Waals surface area (Å²) in [5.74, 6) is -1.21. The Morgan fingerprint density at radius 3 is 2.63 bits per heavy atom. The summed E-state index contributed by atoms with van der Waals surface area (Å²) in [5.41, 5.74) is 1.02. The van der Waals surface area contributed by atoms with Gasteiger partial charge in [-0.15, -0.1) is 0 Å². The van der Waals surface area contributed by atoms with Crippen LogP contribution in [0.2, 0.25) is 0 Å². The van der Waals surface area contributed by atoms with E-state index in [2.05, 4.69) is 10.1 Å². The van der Waals surface area contributed by atoms with Gasteiger partial charge in [-0.2, -0.15) is 8.78 Å². The summed E-state index contributed by atoms with van der Waals surface area (Å²) >= 11 is 0.688. The van der Waals surface area contributed by atoms with Crippen molar-refractivity contribution in [2.45, 2.75) is 13.5 Å². The molecule has 1 fully saturated rings. The summed E-state index contributed by atoms with van der Waals surface area (Å²) in [4.78, 5) is 38.9. The Kier molecular flexibility index (Phi) is 7.31. The first-order valence-electron chi connectivity index (χ1n) is 10.6. The number of rotatable bonds is 8. The number of imide groups is 1. The molecule has 0 bridgehead atoms. The van der Waals surface area contributed by atoms with Gasteiger partial charge < -0.3 is 14.8 Å². The molecule has 3 aromatic carbocycles. The molecule has 180 valence electrons. The standard InChI is InChI=1S/C25H20F2N2O5S/c1-2-33-20-12-15(10-11-19(20)34-24(26)27)13-21-23(31)29(25(32)35-21)14-22(30)28-18-9-5-7-16-6-3-4-8-17(16)18/h3-13,24H,2,14H2,1H3,(H,28,30)/b21-13-. The van der Waals surface area contributed by atoms with Crippen molar-refractivity contribution < 1.29 is 32.6 Å². The number of thioether (sulfide) groups is 1. The molecular weight excluding hydrogens is 478 g/mol. The van der Waals surface area contributed by atoms with E-state index in [4.69, 9.17) is 4.74 Å². The highest BCUT2D eigenvalue weighted by molar-refractivity contribution is 8.18. The number of amides is 3. The van der Waals surface area contributed by atoms with Crippen molar-refractivity contribution in [1.82, 2.24) is 4.90 Å². The Morgan fingerprint density at radius 1 is 1.09 bits per heavy atom. The minimum atomic E-state index is -3.02. The van der Waals surface area contributed by atoms with Crippen LogP contribution in [-0.2, 0) is 9.59 Å². The maximum absolute atomic E-state index is 12.8. The molecule has 3 aromatic rings. The lowest BCUT2D eigenvalue weighted by Gasteiger charge is -2.13. The molecule has 0 atom stereocenters. The van der Waals surface area contributed by atoms with E-state index in [1.807, 2.05) is 30.3 Å². The molecule has 1 saturated heterocycles. The molecule has 4 rings (SSSR count). The monoisotopic (exact) mass is 498 g/mol. The summed E-state index contributed by atoms with van der Waals surface area (Å²) < 4.78 is 35.0. The lowest BCUT2D eigenvalue weighted by atomic mass is 10.1. The van der Waals surface area contributed by atoms with Crippen molar-refractivity contribution in [1.29, 1.82) is 0 Å². The molecule has 0 unspecified atom stereocenters. The smallest absolute Gasteiger partial charge is 0.387 e. The highest BCUT2D eigenvalue weighted by Gasteiger charge is 2.36. The SMILES string of the molecule is CCOc1cc(/C=C2\SC(=O)N(CC(=O)Nc3cccc4ccccc34)C2=O)ccc1OC(F)F. The van der Waals surface area contributed by atoms with Crippen LogP contribution in [0.25, 0.3) is 16.8 Å². The van der Waals surface area contributed by atoms with Crippen LogP contribution in [0.3, 0.4) is 0 Å². The molecule has 0 saturated carbocycles. The average Bonchev–Trinajstić information content (AvgIpc) is 3.08. The van der Waals surface area contributed by atoms with Crippen LogP contribution >= 0.6 is 11.8 Å². The Balaban J connectivity index is 1.49. The second-order valence-corrected chi connectivity index (χ2v) is 8.35.